The monoisotopic (exact) mass is 238 g/mol. The van der Waals surface area contributed by atoms with Gasteiger partial charge in [0.1, 0.15) is 11.5 Å². The Labute approximate surface area is 99.2 Å². The van der Waals surface area contributed by atoms with Gasteiger partial charge in [-0.2, -0.15) is 0 Å². The average Bonchev–Trinajstić information content (AvgIpc) is 2.38. The summed E-state index contributed by atoms with van der Waals surface area (Å²) in [6.45, 7) is 0. The molecule has 1 aliphatic carbocycles. The molecule has 0 fully saturated rings. The smallest absolute Gasteiger partial charge is 0.265 e. The maximum atomic E-state index is 12.1. The molecule has 92 valence electrons. The number of rotatable bonds is 4. The molecule has 1 aliphatic rings. The summed E-state index contributed by atoms with van der Waals surface area (Å²) in [5.41, 5.74) is 1.03. The maximum absolute atomic E-state index is 12.1. The molecule has 17 heavy (non-hydrogen) atoms. The second-order valence-electron chi connectivity index (χ2n) is 3.57. The molecule has 0 bridgehead atoms. The quantitative estimate of drug-likeness (QED) is 0.741. The Morgan fingerprint density at radius 3 is 1.94 bits per heavy atom. The molecule has 0 heterocycles. The van der Waals surface area contributed by atoms with Crippen molar-refractivity contribution in [3.63, 3.8) is 0 Å². The topological polar surface area (TPSA) is 54.0 Å². The average molecular weight is 238 g/mol. The molecule has 0 atom stereocenters. The van der Waals surface area contributed by atoms with Gasteiger partial charge in [-0.1, -0.05) is 0 Å². The van der Waals surface area contributed by atoms with Crippen LogP contribution in [0.5, 0.6) is 11.5 Å². The number of ketones is 1. The molecule has 0 amide bonds. The summed E-state index contributed by atoms with van der Waals surface area (Å²) in [5.74, 6) is -0.581. The maximum Gasteiger partial charge on any atom is 0.265 e. The number of fused-ring (bicyclic) bond motifs is 1. The van der Waals surface area contributed by atoms with E-state index in [1.807, 2.05) is 0 Å². The number of ether oxygens (including phenoxy) is 4. The van der Waals surface area contributed by atoms with Crippen LogP contribution in [0.3, 0.4) is 0 Å². The van der Waals surface area contributed by atoms with Crippen LogP contribution in [0, 0.1) is 0 Å². The van der Waals surface area contributed by atoms with E-state index in [-0.39, 0.29) is 5.78 Å². The van der Waals surface area contributed by atoms with E-state index in [4.69, 9.17) is 18.9 Å². The van der Waals surface area contributed by atoms with Crippen LogP contribution in [0.15, 0.2) is 12.1 Å². The summed E-state index contributed by atoms with van der Waals surface area (Å²) in [6, 6.07) is 3.40. The van der Waals surface area contributed by atoms with Crippen molar-refractivity contribution in [2.24, 2.45) is 0 Å². The third kappa shape index (κ3) is 1.29. The van der Waals surface area contributed by atoms with Crippen LogP contribution in [0.1, 0.15) is 15.9 Å². The van der Waals surface area contributed by atoms with Gasteiger partial charge < -0.3 is 18.9 Å². The summed E-state index contributed by atoms with van der Waals surface area (Å²) in [5, 5.41) is 0. The van der Waals surface area contributed by atoms with Crippen molar-refractivity contribution in [3.05, 3.63) is 23.3 Å². The SMILES string of the molecule is COc1ccc(OC)c2c1C(=O)C2(OC)OC. The van der Waals surface area contributed by atoms with Crippen LogP contribution in [0.25, 0.3) is 0 Å². The highest BCUT2D eigenvalue weighted by molar-refractivity contribution is 6.14. The van der Waals surface area contributed by atoms with Crippen molar-refractivity contribution in [1.29, 1.82) is 0 Å². The molecule has 0 spiro atoms. The van der Waals surface area contributed by atoms with Gasteiger partial charge in [0.25, 0.3) is 5.79 Å². The summed E-state index contributed by atoms with van der Waals surface area (Å²) in [4.78, 5) is 12.1. The highest BCUT2D eigenvalue weighted by Crippen LogP contribution is 2.51. The second-order valence-corrected chi connectivity index (χ2v) is 3.57. The Kier molecular flexibility index (Phi) is 2.81. The fourth-order valence-electron chi connectivity index (χ4n) is 2.15. The molecule has 0 N–H and O–H groups in total. The van der Waals surface area contributed by atoms with Crippen LogP contribution >= 0.6 is 0 Å². The van der Waals surface area contributed by atoms with Crippen molar-refractivity contribution in [3.8, 4) is 11.5 Å². The highest BCUT2D eigenvalue weighted by Gasteiger charge is 2.57. The lowest BCUT2D eigenvalue weighted by Crippen LogP contribution is -2.49. The number of benzene rings is 1. The lowest BCUT2D eigenvalue weighted by Gasteiger charge is -2.40. The van der Waals surface area contributed by atoms with Gasteiger partial charge in [-0.3, -0.25) is 4.79 Å². The summed E-state index contributed by atoms with van der Waals surface area (Å²) >= 11 is 0. The van der Waals surface area contributed by atoms with E-state index in [0.29, 0.717) is 22.6 Å². The zero-order valence-electron chi connectivity index (χ0n) is 10.2. The van der Waals surface area contributed by atoms with Crippen LogP contribution in [-0.4, -0.2) is 34.2 Å². The minimum Gasteiger partial charge on any atom is -0.496 e. The molecule has 0 saturated heterocycles. The molecule has 1 aromatic carbocycles. The molecule has 0 radical (unpaired) electrons. The highest BCUT2D eigenvalue weighted by atomic mass is 16.7. The largest absolute Gasteiger partial charge is 0.496 e. The van der Waals surface area contributed by atoms with E-state index in [0.717, 1.165) is 0 Å². The molecular weight excluding hydrogens is 224 g/mol. The summed E-state index contributed by atoms with van der Waals surface area (Å²) < 4.78 is 20.8. The number of carbonyl (C=O) groups excluding carboxylic acids is 1. The molecule has 0 aliphatic heterocycles. The first kappa shape index (κ1) is 11.9. The molecule has 0 unspecified atom stereocenters. The molecule has 1 aromatic rings. The minimum atomic E-state index is -1.37. The van der Waals surface area contributed by atoms with Crippen molar-refractivity contribution in [2.75, 3.05) is 28.4 Å². The van der Waals surface area contributed by atoms with E-state index < -0.39 is 5.79 Å². The van der Waals surface area contributed by atoms with Crippen molar-refractivity contribution in [1.82, 2.24) is 0 Å². The molecule has 5 nitrogen and oxygen atoms in total. The molecule has 0 aromatic heterocycles. The van der Waals surface area contributed by atoms with Gasteiger partial charge in [-0.25, -0.2) is 0 Å². The molecule has 2 rings (SSSR count). The van der Waals surface area contributed by atoms with E-state index in [9.17, 15) is 4.79 Å². The van der Waals surface area contributed by atoms with Crippen molar-refractivity contribution in [2.45, 2.75) is 5.79 Å². The van der Waals surface area contributed by atoms with Crippen molar-refractivity contribution >= 4 is 5.78 Å². The third-order valence-corrected chi connectivity index (χ3v) is 3.00. The predicted octanol–water partition coefficient (Wildman–Crippen LogP) is 1.35. The zero-order valence-corrected chi connectivity index (χ0v) is 10.2. The number of carbonyl (C=O) groups is 1. The Balaban J connectivity index is 2.68. The Morgan fingerprint density at radius 1 is 0.941 bits per heavy atom. The third-order valence-electron chi connectivity index (χ3n) is 3.00. The van der Waals surface area contributed by atoms with Crippen LogP contribution in [0.4, 0.5) is 0 Å². The van der Waals surface area contributed by atoms with Crippen molar-refractivity contribution < 1.29 is 23.7 Å². The van der Waals surface area contributed by atoms with E-state index in [1.54, 1.807) is 12.1 Å². The van der Waals surface area contributed by atoms with Gasteiger partial charge >= 0.3 is 0 Å². The lowest BCUT2D eigenvalue weighted by molar-refractivity contribution is -0.187. The Hall–Kier alpha value is -1.59. The standard InChI is InChI=1S/C12H14O5/c1-14-7-5-6-8(15-2)10-9(7)11(13)12(10,16-3)17-4/h5-6H,1-4H3. The first-order chi connectivity index (χ1) is 8.16. The van der Waals surface area contributed by atoms with Gasteiger partial charge in [-0.05, 0) is 12.1 Å². The molecule has 5 heteroatoms. The number of hydrogen-bond donors (Lipinski definition) is 0. The van der Waals surface area contributed by atoms with Gasteiger partial charge in [0, 0.05) is 14.2 Å². The normalized spacial score (nSPS) is 16.1. The number of methoxy groups -OCH3 is 4. The van der Waals surface area contributed by atoms with E-state index >= 15 is 0 Å². The molecule has 0 saturated carbocycles. The number of hydrogen-bond acceptors (Lipinski definition) is 5. The fraction of sp³-hybridized carbons (Fsp3) is 0.417. The first-order valence-electron chi connectivity index (χ1n) is 5.06. The van der Waals surface area contributed by atoms with Gasteiger partial charge in [0.15, 0.2) is 0 Å². The predicted molar refractivity (Wildman–Crippen MR) is 59.6 cm³/mol. The van der Waals surface area contributed by atoms with Crippen LogP contribution in [-0.2, 0) is 15.3 Å². The summed E-state index contributed by atoms with van der Waals surface area (Å²) in [7, 11) is 5.88. The fourth-order valence-corrected chi connectivity index (χ4v) is 2.15. The van der Waals surface area contributed by atoms with Gasteiger partial charge in [0.2, 0.25) is 5.78 Å². The Bertz CT molecular complexity index is 462. The van der Waals surface area contributed by atoms with Gasteiger partial charge in [0.05, 0.1) is 25.3 Å². The molecular formula is C12H14O5. The first-order valence-corrected chi connectivity index (χ1v) is 5.06. The van der Waals surface area contributed by atoms with Crippen LogP contribution in [0.2, 0.25) is 0 Å². The minimum absolute atomic E-state index is 0.256. The number of Topliss-reactive ketones (excluding diaryl/α,β-unsaturated/α-hetero) is 1. The van der Waals surface area contributed by atoms with E-state index in [2.05, 4.69) is 0 Å². The Morgan fingerprint density at radius 2 is 1.47 bits per heavy atom. The van der Waals surface area contributed by atoms with Crippen LogP contribution < -0.4 is 9.47 Å². The van der Waals surface area contributed by atoms with E-state index in [1.165, 1.54) is 28.4 Å². The lowest BCUT2D eigenvalue weighted by atomic mass is 9.78. The zero-order chi connectivity index (χ0) is 12.6. The summed E-state index contributed by atoms with van der Waals surface area (Å²) in [6.07, 6.45) is 0. The second kappa shape index (κ2) is 4.01. The van der Waals surface area contributed by atoms with Gasteiger partial charge in [-0.15, -0.1) is 0 Å².